The van der Waals surface area contributed by atoms with Gasteiger partial charge in [0.1, 0.15) is 11.6 Å². The largest absolute Gasteiger partial charge is 0.493 e. The number of aromatic nitrogens is 1. The molecular weight excluding hydrogens is 278 g/mol. The maximum absolute atomic E-state index is 12.0. The Balaban J connectivity index is 1.87. The van der Waals surface area contributed by atoms with E-state index in [1.807, 2.05) is 24.3 Å². The zero-order valence-electron chi connectivity index (χ0n) is 12.9. The van der Waals surface area contributed by atoms with Crippen molar-refractivity contribution in [2.75, 3.05) is 17.7 Å². The number of carbonyl (C=O) groups is 1. The van der Waals surface area contributed by atoms with Gasteiger partial charge in [0.05, 0.1) is 24.9 Å². The first-order valence-corrected chi connectivity index (χ1v) is 7.26. The highest BCUT2D eigenvalue weighted by molar-refractivity contribution is 5.92. The van der Waals surface area contributed by atoms with E-state index < -0.39 is 0 Å². The number of pyridine rings is 1. The summed E-state index contributed by atoms with van der Waals surface area (Å²) in [5, 5.41) is 2.78. The van der Waals surface area contributed by atoms with Crippen molar-refractivity contribution < 1.29 is 9.53 Å². The minimum atomic E-state index is -0.0950. The minimum Gasteiger partial charge on any atom is -0.493 e. The molecule has 0 atom stereocenters. The van der Waals surface area contributed by atoms with Crippen LogP contribution in [0.5, 0.6) is 5.75 Å². The molecule has 0 aliphatic heterocycles. The average molecular weight is 299 g/mol. The van der Waals surface area contributed by atoms with Gasteiger partial charge in [0, 0.05) is 0 Å². The van der Waals surface area contributed by atoms with Gasteiger partial charge in [-0.25, -0.2) is 4.98 Å². The number of nitrogens with two attached hydrogens (primary N) is 1. The van der Waals surface area contributed by atoms with Crippen molar-refractivity contribution in [3.8, 4) is 5.75 Å². The minimum absolute atomic E-state index is 0.0950. The van der Waals surface area contributed by atoms with Crippen LogP contribution in [0.1, 0.15) is 19.4 Å². The number of carbonyl (C=O) groups excluding carboxylic acids is 1. The van der Waals surface area contributed by atoms with E-state index in [4.69, 9.17) is 10.5 Å². The fourth-order valence-electron chi connectivity index (χ4n) is 1.84. The van der Waals surface area contributed by atoms with Crippen LogP contribution in [0.25, 0.3) is 0 Å². The molecule has 0 unspecified atom stereocenters. The van der Waals surface area contributed by atoms with Crippen molar-refractivity contribution in [1.82, 2.24) is 4.98 Å². The normalized spacial score (nSPS) is 10.5. The molecule has 2 aromatic rings. The first kappa shape index (κ1) is 15.8. The number of hydrogen-bond acceptors (Lipinski definition) is 4. The van der Waals surface area contributed by atoms with Crippen LogP contribution in [-0.2, 0) is 11.2 Å². The van der Waals surface area contributed by atoms with Crippen LogP contribution in [0.4, 0.5) is 11.5 Å². The molecule has 5 heteroatoms. The van der Waals surface area contributed by atoms with Crippen molar-refractivity contribution in [2.45, 2.75) is 20.3 Å². The molecular formula is C17H21N3O2. The van der Waals surface area contributed by atoms with Crippen LogP contribution in [0, 0.1) is 5.92 Å². The first-order valence-electron chi connectivity index (χ1n) is 7.26. The van der Waals surface area contributed by atoms with Gasteiger partial charge in [0.15, 0.2) is 0 Å². The Kier molecular flexibility index (Phi) is 5.36. The van der Waals surface area contributed by atoms with Crippen molar-refractivity contribution in [2.24, 2.45) is 5.92 Å². The summed E-state index contributed by atoms with van der Waals surface area (Å²) in [6, 6.07) is 10.9. The van der Waals surface area contributed by atoms with E-state index >= 15 is 0 Å². The SMILES string of the molecule is CC(C)COc1ccc(CC(=O)Nc2ccc(N)nc2)cc1. The summed E-state index contributed by atoms with van der Waals surface area (Å²) in [7, 11) is 0. The average Bonchev–Trinajstić information content (AvgIpc) is 2.49. The molecule has 0 spiro atoms. The van der Waals surface area contributed by atoms with Gasteiger partial charge in [0.2, 0.25) is 5.91 Å². The lowest BCUT2D eigenvalue weighted by atomic mass is 10.1. The first-order chi connectivity index (χ1) is 10.5. The van der Waals surface area contributed by atoms with Gasteiger partial charge < -0.3 is 15.8 Å². The van der Waals surface area contributed by atoms with E-state index in [1.54, 1.807) is 12.1 Å². The van der Waals surface area contributed by atoms with E-state index in [9.17, 15) is 4.79 Å². The van der Waals surface area contributed by atoms with E-state index in [0.717, 1.165) is 11.3 Å². The zero-order chi connectivity index (χ0) is 15.9. The summed E-state index contributed by atoms with van der Waals surface area (Å²) in [6.45, 7) is 4.89. The number of anilines is 2. The highest BCUT2D eigenvalue weighted by Gasteiger charge is 2.05. The van der Waals surface area contributed by atoms with E-state index in [0.29, 0.717) is 30.5 Å². The van der Waals surface area contributed by atoms with Crippen molar-refractivity contribution in [3.05, 3.63) is 48.2 Å². The molecule has 1 aromatic carbocycles. The Morgan fingerprint density at radius 2 is 1.95 bits per heavy atom. The van der Waals surface area contributed by atoms with Gasteiger partial charge in [-0.15, -0.1) is 0 Å². The molecule has 3 N–H and O–H groups in total. The number of benzene rings is 1. The van der Waals surface area contributed by atoms with Crippen molar-refractivity contribution in [3.63, 3.8) is 0 Å². The van der Waals surface area contributed by atoms with Crippen LogP contribution in [0.15, 0.2) is 42.6 Å². The smallest absolute Gasteiger partial charge is 0.228 e. The topological polar surface area (TPSA) is 77.2 Å². The predicted molar refractivity (Wildman–Crippen MR) is 87.8 cm³/mol. The molecule has 0 radical (unpaired) electrons. The Labute approximate surface area is 130 Å². The summed E-state index contributed by atoms with van der Waals surface area (Å²) >= 11 is 0. The number of amides is 1. The second-order valence-corrected chi connectivity index (χ2v) is 5.55. The molecule has 1 heterocycles. The van der Waals surface area contributed by atoms with Crippen LogP contribution >= 0.6 is 0 Å². The number of nitrogens with zero attached hydrogens (tertiary/aromatic N) is 1. The molecule has 2 rings (SSSR count). The second kappa shape index (κ2) is 7.45. The van der Waals surface area contributed by atoms with E-state index in [1.165, 1.54) is 6.20 Å². The molecule has 0 saturated heterocycles. The van der Waals surface area contributed by atoms with Crippen molar-refractivity contribution in [1.29, 1.82) is 0 Å². The fourth-order valence-corrected chi connectivity index (χ4v) is 1.84. The Hall–Kier alpha value is -2.56. The third-order valence-electron chi connectivity index (χ3n) is 2.94. The van der Waals surface area contributed by atoms with Crippen LogP contribution in [0.3, 0.4) is 0 Å². The zero-order valence-corrected chi connectivity index (χ0v) is 12.9. The lowest BCUT2D eigenvalue weighted by molar-refractivity contribution is -0.115. The maximum atomic E-state index is 12.0. The summed E-state index contributed by atoms with van der Waals surface area (Å²) in [5.41, 5.74) is 7.07. The van der Waals surface area contributed by atoms with Crippen molar-refractivity contribution >= 4 is 17.4 Å². The molecule has 1 amide bonds. The summed E-state index contributed by atoms with van der Waals surface area (Å²) in [6.07, 6.45) is 1.84. The van der Waals surface area contributed by atoms with Gasteiger partial charge in [-0.05, 0) is 35.7 Å². The highest BCUT2D eigenvalue weighted by atomic mass is 16.5. The standard InChI is InChI=1S/C17H21N3O2/c1-12(2)11-22-15-6-3-13(4-7-15)9-17(21)20-14-5-8-16(18)19-10-14/h3-8,10,12H,9,11H2,1-2H3,(H2,18,19)(H,20,21). The van der Waals surface area contributed by atoms with E-state index in [2.05, 4.69) is 24.1 Å². The lowest BCUT2D eigenvalue weighted by Crippen LogP contribution is -2.14. The number of hydrogen-bond donors (Lipinski definition) is 2. The second-order valence-electron chi connectivity index (χ2n) is 5.55. The monoisotopic (exact) mass is 299 g/mol. The van der Waals surface area contributed by atoms with Gasteiger partial charge in [-0.3, -0.25) is 4.79 Å². The van der Waals surface area contributed by atoms with Crippen LogP contribution in [-0.4, -0.2) is 17.5 Å². The fraction of sp³-hybridized carbons (Fsp3) is 0.294. The summed E-state index contributed by atoms with van der Waals surface area (Å²) < 4.78 is 5.61. The Morgan fingerprint density at radius 1 is 1.23 bits per heavy atom. The maximum Gasteiger partial charge on any atom is 0.228 e. The molecule has 0 saturated carbocycles. The molecule has 22 heavy (non-hydrogen) atoms. The molecule has 0 fully saturated rings. The Bertz CT molecular complexity index is 607. The summed E-state index contributed by atoms with van der Waals surface area (Å²) in [5.74, 6) is 1.64. The van der Waals surface area contributed by atoms with E-state index in [-0.39, 0.29) is 5.91 Å². The third-order valence-corrected chi connectivity index (χ3v) is 2.94. The molecule has 0 bridgehead atoms. The molecule has 0 aliphatic rings. The van der Waals surface area contributed by atoms with Gasteiger partial charge in [0.25, 0.3) is 0 Å². The summed E-state index contributed by atoms with van der Waals surface area (Å²) in [4.78, 5) is 15.9. The molecule has 116 valence electrons. The quantitative estimate of drug-likeness (QED) is 0.860. The number of nitrogen functional groups attached to an aromatic ring is 1. The number of nitrogens with one attached hydrogen (secondary N) is 1. The lowest BCUT2D eigenvalue weighted by Gasteiger charge is -2.09. The van der Waals surface area contributed by atoms with Gasteiger partial charge in [-0.1, -0.05) is 26.0 Å². The van der Waals surface area contributed by atoms with Crippen LogP contribution < -0.4 is 15.8 Å². The highest BCUT2D eigenvalue weighted by Crippen LogP contribution is 2.14. The molecule has 5 nitrogen and oxygen atoms in total. The molecule has 0 aliphatic carbocycles. The van der Waals surface area contributed by atoms with Crippen LogP contribution in [0.2, 0.25) is 0 Å². The number of ether oxygens (including phenoxy) is 1. The molecule has 1 aromatic heterocycles. The van der Waals surface area contributed by atoms with Gasteiger partial charge in [-0.2, -0.15) is 0 Å². The predicted octanol–water partition coefficient (Wildman–Crippen LogP) is 2.88. The Morgan fingerprint density at radius 3 is 2.55 bits per heavy atom. The van der Waals surface area contributed by atoms with Gasteiger partial charge >= 0.3 is 0 Å². The third kappa shape index (κ3) is 5.09. The number of rotatable bonds is 6.